The van der Waals surface area contributed by atoms with Crippen molar-refractivity contribution in [2.45, 2.75) is 24.0 Å². The standard InChI is InChI=1S/C16H15Cl2NOS/c1-10-7-8-14(13(18)9-10)19-16(20)11(2)21-15-6-4-3-5-12(15)17/h3-9,11H,1-2H3,(H,19,20). The lowest BCUT2D eigenvalue weighted by atomic mass is 10.2. The second-order valence-corrected chi connectivity index (χ2v) is 6.86. The quantitative estimate of drug-likeness (QED) is 0.753. The summed E-state index contributed by atoms with van der Waals surface area (Å²) in [6.07, 6.45) is 0. The Morgan fingerprint density at radius 1 is 1.14 bits per heavy atom. The number of amides is 1. The van der Waals surface area contributed by atoms with Gasteiger partial charge in [-0.15, -0.1) is 11.8 Å². The minimum Gasteiger partial charge on any atom is -0.324 e. The number of hydrogen-bond acceptors (Lipinski definition) is 2. The molecule has 0 aromatic heterocycles. The van der Waals surface area contributed by atoms with Crippen LogP contribution in [-0.4, -0.2) is 11.2 Å². The van der Waals surface area contributed by atoms with Crippen LogP contribution in [0.1, 0.15) is 12.5 Å². The summed E-state index contributed by atoms with van der Waals surface area (Å²) in [6.45, 7) is 3.79. The van der Waals surface area contributed by atoms with Gasteiger partial charge < -0.3 is 5.32 Å². The van der Waals surface area contributed by atoms with Crippen LogP contribution in [0.25, 0.3) is 0 Å². The largest absolute Gasteiger partial charge is 0.324 e. The first-order valence-electron chi connectivity index (χ1n) is 6.45. The first-order chi connectivity index (χ1) is 9.97. The highest BCUT2D eigenvalue weighted by molar-refractivity contribution is 8.00. The van der Waals surface area contributed by atoms with Crippen LogP contribution in [0.4, 0.5) is 5.69 Å². The minimum atomic E-state index is -0.276. The highest BCUT2D eigenvalue weighted by Crippen LogP contribution is 2.31. The second-order valence-electron chi connectivity index (χ2n) is 4.66. The number of anilines is 1. The highest BCUT2D eigenvalue weighted by atomic mass is 35.5. The third-order valence-corrected chi connectivity index (χ3v) is 4.82. The van der Waals surface area contributed by atoms with Gasteiger partial charge in [-0.1, -0.05) is 41.4 Å². The Morgan fingerprint density at radius 2 is 1.86 bits per heavy atom. The van der Waals surface area contributed by atoms with Crippen molar-refractivity contribution in [3.05, 3.63) is 58.1 Å². The van der Waals surface area contributed by atoms with E-state index in [1.807, 2.05) is 56.3 Å². The van der Waals surface area contributed by atoms with Crippen LogP contribution in [-0.2, 0) is 4.79 Å². The Morgan fingerprint density at radius 3 is 2.52 bits per heavy atom. The van der Waals surface area contributed by atoms with Crippen LogP contribution in [0, 0.1) is 6.92 Å². The zero-order valence-corrected chi connectivity index (χ0v) is 14.0. The topological polar surface area (TPSA) is 29.1 Å². The van der Waals surface area contributed by atoms with Crippen molar-refractivity contribution >= 4 is 46.6 Å². The number of rotatable bonds is 4. The molecule has 21 heavy (non-hydrogen) atoms. The van der Waals surface area contributed by atoms with E-state index in [1.165, 1.54) is 11.8 Å². The smallest absolute Gasteiger partial charge is 0.237 e. The molecule has 0 saturated heterocycles. The van der Waals surface area contributed by atoms with Crippen molar-refractivity contribution in [1.82, 2.24) is 0 Å². The van der Waals surface area contributed by atoms with E-state index in [2.05, 4.69) is 5.32 Å². The maximum absolute atomic E-state index is 12.2. The lowest BCUT2D eigenvalue weighted by Crippen LogP contribution is -2.22. The number of nitrogens with one attached hydrogen (secondary N) is 1. The molecule has 0 aliphatic carbocycles. The van der Waals surface area contributed by atoms with E-state index in [0.717, 1.165) is 10.5 Å². The molecule has 0 heterocycles. The maximum Gasteiger partial charge on any atom is 0.237 e. The molecule has 0 aliphatic rings. The number of hydrogen-bond donors (Lipinski definition) is 1. The van der Waals surface area contributed by atoms with Crippen molar-refractivity contribution in [3.8, 4) is 0 Å². The highest BCUT2D eigenvalue weighted by Gasteiger charge is 2.16. The SMILES string of the molecule is Cc1ccc(NC(=O)C(C)Sc2ccccc2Cl)c(Cl)c1. The molecule has 1 atom stereocenters. The lowest BCUT2D eigenvalue weighted by molar-refractivity contribution is -0.115. The van der Waals surface area contributed by atoms with Crippen LogP contribution < -0.4 is 5.32 Å². The second kappa shape index (κ2) is 7.21. The summed E-state index contributed by atoms with van der Waals surface area (Å²) < 4.78 is 0. The minimum absolute atomic E-state index is 0.106. The van der Waals surface area contributed by atoms with E-state index < -0.39 is 0 Å². The number of carbonyl (C=O) groups is 1. The van der Waals surface area contributed by atoms with E-state index in [9.17, 15) is 4.79 Å². The maximum atomic E-state index is 12.2. The number of aryl methyl sites for hydroxylation is 1. The molecule has 2 rings (SSSR count). The van der Waals surface area contributed by atoms with Gasteiger partial charge in [-0.2, -0.15) is 0 Å². The fourth-order valence-electron chi connectivity index (χ4n) is 1.74. The van der Waals surface area contributed by atoms with Gasteiger partial charge in [0.05, 0.1) is 21.0 Å². The van der Waals surface area contributed by atoms with Crippen molar-refractivity contribution < 1.29 is 4.79 Å². The molecule has 1 N–H and O–H groups in total. The molecule has 110 valence electrons. The van der Waals surface area contributed by atoms with Gasteiger partial charge in [0.2, 0.25) is 5.91 Å². The Hall–Kier alpha value is -1.16. The first-order valence-corrected chi connectivity index (χ1v) is 8.09. The summed E-state index contributed by atoms with van der Waals surface area (Å²) in [6, 6.07) is 13.0. The average molecular weight is 340 g/mol. The number of carbonyl (C=O) groups excluding carboxylic acids is 1. The Bertz CT molecular complexity index is 660. The van der Waals surface area contributed by atoms with Gasteiger partial charge in [0.1, 0.15) is 0 Å². The van der Waals surface area contributed by atoms with Gasteiger partial charge in [0.25, 0.3) is 0 Å². The number of benzene rings is 2. The fourth-order valence-corrected chi connectivity index (χ4v) is 3.18. The van der Waals surface area contributed by atoms with Gasteiger partial charge >= 0.3 is 0 Å². The van der Waals surface area contributed by atoms with Crippen LogP contribution in [0.5, 0.6) is 0 Å². The van der Waals surface area contributed by atoms with Crippen molar-refractivity contribution in [2.75, 3.05) is 5.32 Å². The summed E-state index contributed by atoms with van der Waals surface area (Å²) in [5.74, 6) is -0.106. The normalized spacial score (nSPS) is 12.0. The molecule has 0 spiro atoms. The molecule has 2 nitrogen and oxygen atoms in total. The van der Waals surface area contributed by atoms with Crippen LogP contribution in [0.2, 0.25) is 10.0 Å². The van der Waals surface area contributed by atoms with Gasteiger partial charge in [-0.3, -0.25) is 4.79 Å². The Labute approximate surface area is 138 Å². The molecule has 0 bridgehead atoms. The Balaban J connectivity index is 2.04. The average Bonchev–Trinajstić information content (AvgIpc) is 2.44. The molecule has 0 radical (unpaired) electrons. The van der Waals surface area contributed by atoms with Gasteiger partial charge in [-0.05, 0) is 43.7 Å². The molecule has 0 saturated carbocycles. The predicted molar refractivity (Wildman–Crippen MR) is 91.6 cm³/mol. The summed E-state index contributed by atoms with van der Waals surface area (Å²) in [5, 5.41) is 3.76. The van der Waals surface area contributed by atoms with Crippen LogP contribution in [0.15, 0.2) is 47.4 Å². The zero-order chi connectivity index (χ0) is 15.4. The van der Waals surface area contributed by atoms with E-state index >= 15 is 0 Å². The lowest BCUT2D eigenvalue weighted by Gasteiger charge is -2.14. The molecule has 0 aliphatic heterocycles. The van der Waals surface area contributed by atoms with E-state index in [4.69, 9.17) is 23.2 Å². The van der Waals surface area contributed by atoms with E-state index in [0.29, 0.717) is 15.7 Å². The molecular formula is C16H15Cl2NOS. The van der Waals surface area contributed by atoms with Crippen molar-refractivity contribution in [2.24, 2.45) is 0 Å². The monoisotopic (exact) mass is 339 g/mol. The van der Waals surface area contributed by atoms with Gasteiger partial charge in [0.15, 0.2) is 0 Å². The third kappa shape index (κ3) is 4.40. The third-order valence-electron chi connectivity index (χ3n) is 2.89. The molecule has 2 aromatic carbocycles. The van der Waals surface area contributed by atoms with E-state index in [1.54, 1.807) is 0 Å². The number of thioether (sulfide) groups is 1. The first kappa shape index (κ1) is 16.2. The molecule has 0 fully saturated rings. The fraction of sp³-hybridized carbons (Fsp3) is 0.188. The van der Waals surface area contributed by atoms with Crippen molar-refractivity contribution in [3.63, 3.8) is 0 Å². The van der Waals surface area contributed by atoms with Crippen LogP contribution >= 0.6 is 35.0 Å². The molecular weight excluding hydrogens is 325 g/mol. The Kier molecular flexibility index (Phi) is 5.57. The predicted octanol–water partition coefficient (Wildman–Crippen LogP) is 5.42. The molecule has 2 aromatic rings. The molecule has 5 heteroatoms. The summed E-state index contributed by atoms with van der Waals surface area (Å²) in [5.41, 5.74) is 1.68. The zero-order valence-electron chi connectivity index (χ0n) is 11.7. The summed E-state index contributed by atoms with van der Waals surface area (Å²) in [4.78, 5) is 13.1. The van der Waals surface area contributed by atoms with Gasteiger partial charge in [-0.25, -0.2) is 0 Å². The number of halogens is 2. The van der Waals surface area contributed by atoms with E-state index in [-0.39, 0.29) is 11.2 Å². The summed E-state index contributed by atoms with van der Waals surface area (Å²) >= 11 is 13.6. The van der Waals surface area contributed by atoms with Crippen LogP contribution in [0.3, 0.4) is 0 Å². The van der Waals surface area contributed by atoms with Gasteiger partial charge in [0, 0.05) is 4.90 Å². The van der Waals surface area contributed by atoms with Crippen molar-refractivity contribution in [1.29, 1.82) is 0 Å². The molecule has 1 unspecified atom stereocenters. The molecule has 1 amide bonds. The summed E-state index contributed by atoms with van der Waals surface area (Å²) in [7, 11) is 0.